The number of hydrogen-bond donors (Lipinski definition) is 2. The minimum Gasteiger partial charge on any atom is -0.391 e. The molecule has 2 aliphatic heterocycles. The monoisotopic (exact) mass is 527 g/mol. The van der Waals surface area contributed by atoms with E-state index in [1.165, 1.54) is 17.0 Å². The molecule has 1 amide bonds. The number of aliphatic hydroxyl groups excluding tert-OH is 1. The Morgan fingerprint density at radius 2 is 1.84 bits per heavy atom. The third kappa shape index (κ3) is 4.73. The smallest absolute Gasteiger partial charge is 0.391 e. The van der Waals surface area contributed by atoms with E-state index in [1.807, 2.05) is 32.0 Å². The number of anilines is 2. The number of hydrogen-bond acceptors (Lipinski definition) is 6. The van der Waals surface area contributed by atoms with E-state index < -0.39 is 35.0 Å². The highest BCUT2D eigenvalue weighted by atomic mass is 19.4. The SMILES string of the molecule is Cc1cc(C)cc(-c2nn(-c3cc(N4CC[C@H](O)C4)ccc3C(F)(F)F)c(=O)c3c2CCN3CC(N)=O)c1. The second kappa shape index (κ2) is 9.46. The van der Waals surface area contributed by atoms with Crippen LogP contribution in [0.2, 0.25) is 0 Å². The zero-order valence-corrected chi connectivity index (χ0v) is 21.0. The highest BCUT2D eigenvalue weighted by Crippen LogP contribution is 2.38. The number of rotatable bonds is 5. The van der Waals surface area contributed by atoms with Gasteiger partial charge >= 0.3 is 6.18 Å². The topological polar surface area (TPSA) is 105 Å². The van der Waals surface area contributed by atoms with Crippen LogP contribution >= 0.6 is 0 Å². The first-order chi connectivity index (χ1) is 17.9. The number of amides is 1. The molecule has 1 fully saturated rings. The lowest BCUT2D eigenvalue weighted by Gasteiger charge is -2.23. The van der Waals surface area contributed by atoms with Gasteiger partial charge in [0.2, 0.25) is 5.91 Å². The Balaban J connectivity index is 1.79. The van der Waals surface area contributed by atoms with Gasteiger partial charge in [0.1, 0.15) is 5.69 Å². The van der Waals surface area contributed by atoms with E-state index in [-0.39, 0.29) is 18.8 Å². The lowest BCUT2D eigenvalue weighted by molar-refractivity contribution is -0.137. The number of aromatic nitrogens is 2. The number of halogens is 3. The predicted octanol–water partition coefficient (Wildman–Crippen LogP) is 2.95. The van der Waals surface area contributed by atoms with Crippen molar-refractivity contribution in [1.82, 2.24) is 9.78 Å². The molecule has 0 saturated carbocycles. The van der Waals surface area contributed by atoms with Gasteiger partial charge in [-0.05, 0) is 57.0 Å². The minimum absolute atomic E-state index is 0.128. The van der Waals surface area contributed by atoms with Crippen LogP contribution in [0, 0.1) is 13.8 Å². The van der Waals surface area contributed by atoms with Crippen LogP contribution in [0.15, 0.2) is 41.2 Å². The summed E-state index contributed by atoms with van der Waals surface area (Å²) in [5.74, 6) is -0.654. The molecule has 2 aromatic carbocycles. The Morgan fingerprint density at radius 1 is 1.13 bits per heavy atom. The first-order valence-corrected chi connectivity index (χ1v) is 12.3. The van der Waals surface area contributed by atoms with Crippen molar-refractivity contribution in [2.24, 2.45) is 5.73 Å². The average molecular weight is 528 g/mol. The fourth-order valence-corrected chi connectivity index (χ4v) is 5.43. The van der Waals surface area contributed by atoms with E-state index >= 15 is 0 Å². The van der Waals surface area contributed by atoms with E-state index in [0.717, 1.165) is 21.9 Å². The number of benzene rings is 2. The Morgan fingerprint density at radius 3 is 2.45 bits per heavy atom. The molecule has 0 aliphatic carbocycles. The molecule has 0 spiro atoms. The lowest BCUT2D eigenvalue weighted by atomic mass is 10.0. The quantitative estimate of drug-likeness (QED) is 0.529. The molecule has 1 atom stereocenters. The van der Waals surface area contributed by atoms with Crippen molar-refractivity contribution in [2.45, 2.75) is 39.0 Å². The molecule has 8 nitrogen and oxygen atoms in total. The molecule has 3 heterocycles. The highest BCUT2D eigenvalue weighted by Gasteiger charge is 2.37. The molecule has 3 N–H and O–H groups in total. The van der Waals surface area contributed by atoms with Crippen LogP contribution < -0.4 is 21.1 Å². The second-order valence-corrected chi connectivity index (χ2v) is 9.99. The van der Waals surface area contributed by atoms with Crippen molar-refractivity contribution < 1.29 is 23.1 Å². The van der Waals surface area contributed by atoms with E-state index in [0.29, 0.717) is 48.4 Å². The van der Waals surface area contributed by atoms with Gasteiger partial charge in [-0.2, -0.15) is 23.0 Å². The third-order valence-corrected chi connectivity index (χ3v) is 7.00. The number of carbonyl (C=O) groups is 1. The summed E-state index contributed by atoms with van der Waals surface area (Å²) in [6.45, 7) is 4.63. The van der Waals surface area contributed by atoms with Gasteiger partial charge in [-0.15, -0.1) is 0 Å². The lowest BCUT2D eigenvalue weighted by Crippen LogP contribution is -2.37. The summed E-state index contributed by atoms with van der Waals surface area (Å²) >= 11 is 0. The van der Waals surface area contributed by atoms with Gasteiger partial charge in [-0.1, -0.05) is 17.2 Å². The molecule has 2 aliphatic rings. The maximum Gasteiger partial charge on any atom is 0.418 e. The Kier molecular flexibility index (Phi) is 6.42. The summed E-state index contributed by atoms with van der Waals surface area (Å²) in [5.41, 5.74) is 7.31. The van der Waals surface area contributed by atoms with E-state index in [2.05, 4.69) is 5.10 Å². The normalized spacial score (nSPS) is 17.3. The number of nitrogens with zero attached hydrogens (tertiary/aromatic N) is 4. The summed E-state index contributed by atoms with van der Waals surface area (Å²) in [5, 5.41) is 14.5. The molecule has 0 unspecified atom stereocenters. The minimum atomic E-state index is -4.76. The first kappa shape index (κ1) is 25.8. The van der Waals surface area contributed by atoms with Gasteiger partial charge in [-0.25, -0.2) is 0 Å². The number of primary amides is 1. The van der Waals surface area contributed by atoms with Crippen molar-refractivity contribution in [1.29, 1.82) is 0 Å². The molecule has 1 aromatic heterocycles. The van der Waals surface area contributed by atoms with Crippen LogP contribution in [0.3, 0.4) is 0 Å². The molecular weight excluding hydrogens is 499 g/mol. The first-order valence-electron chi connectivity index (χ1n) is 12.3. The summed E-state index contributed by atoms with van der Waals surface area (Å²) in [6.07, 6.45) is -4.45. The van der Waals surface area contributed by atoms with Gasteiger partial charge < -0.3 is 20.6 Å². The largest absolute Gasteiger partial charge is 0.418 e. The number of nitrogens with two attached hydrogens (primary N) is 1. The van der Waals surface area contributed by atoms with Crippen molar-refractivity contribution in [2.75, 3.05) is 36.0 Å². The fraction of sp³-hybridized carbons (Fsp3) is 0.370. The molecule has 38 heavy (non-hydrogen) atoms. The Bertz CT molecular complexity index is 1460. The standard InChI is InChI=1S/C27H28F3N5O3/c1-15-9-16(2)11-17(10-15)24-20-6-8-34(14-23(31)37)25(20)26(38)35(32-24)22-12-18(33-7-5-19(36)13-33)3-4-21(22)27(28,29)30/h3-4,9-12,19,36H,5-8,13-14H2,1-2H3,(H2,31,37)/t19-/m0/s1. The average Bonchev–Trinajstić information content (AvgIpc) is 3.44. The van der Waals surface area contributed by atoms with Crippen LogP contribution in [0.1, 0.15) is 28.7 Å². The number of aryl methyl sites for hydroxylation is 2. The zero-order valence-electron chi connectivity index (χ0n) is 21.0. The Labute approximate surface area is 217 Å². The molecule has 1 saturated heterocycles. The summed E-state index contributed by atoms with van der Waals surface area (Å²) in [4.78, 5) is 28.9. The van der Waals surface area contributed by atoms with Gasteiger partial charge in [-0.3, -0.25) is 9.59 Å². The molecule has 3 aromatic rings. The van der Waals surface area contributed by atoms with Crippen LogP contribution in [0.5, 0.6) is 0 Å². The maximum absolute atomic E-state index is 14.2. The molecule has 5 rings (SSSR count). The summed E-state index contributed by atoms with van der Waals surface area (Å²) in [6, 6.07) is 9.28. The van der Waals surface area contributed by atoms with Crippen molar-refractivity contribution in [3.63, 3.8) is 0 Å². The van der Waals surface area contributed by atoms with Crippen molar-refractivity contribution in [3.05, 3.63) is 69.0 Å². The van der Waals surface area contributed by atoms with Crippen molar-refractivity contribution in [3.8, 4) is 16.9 Å². The maximum atomic E-state index is 14.2. The molecule has 0 radical (unpaired) electrons. The fourth-order valence-electron chi connectivity index (χ4n) is 5.43. The summed E-state index contributed by atoms with van der Waals surface area (Å²) in [7, 11) is 0. The number of aliphatic hydroxyl groups is 1. The number of carbonyl (C=O) groups excluding carboxylic acids is 1. The number of alkyl halides is 3. The van der Waals surface area contributed by atoms with Gasteiger partial charge in [0.25, 0.3) is 5.56 Å². The predicted molar refractivity (Wildman–Crippen MR) is 138 cm³/mol. The van der Waals surface area contributed by atoms with Gasteiger partial charge in [0.05, 0.1) is 29.6 Å². The van der Waals surface area contributed by atoms with Crippen molar-refractivity contribution >= 4 is 17.3 Å². The van der Waals surface area contributed by atoms with Crippen LogP contribution in [-0.2, 0) is 17.4 Å². The number of fused-ring (bicyclic) bond motifs is 1. The van der Waals surface area contributed by atoms with Gasteiger partial charge in [0.15, 0.2) is 0 Å². The molecule has 0 bridgehead atoms. The highest BCUT2D eigenvalue weighted by molar-refractivity contribution is 5.82. The van der Waals surface area contributed by atoms with E-state index in [9.17, 15) is 27.9 Å². The van der Waals surface area contributed by atoms with Gasteiger partial charge in [0, 0.05) is 36.4 Å². The Hall–Kier alpha value is -3.86. The third-order valence-electron chi connectivity index (χ3n) is 7.00. The van der Waals surface area contributed by atoms with Crippen LogP contribution in [0.25, 0.3) is 16.9 Å². The van der Waals surface area contributed by atoms with Crippen LogP contribution in [-0.4, -0.2) is 53.1 Å². The zero-order chi connectivity index (χ0) is 27.4. The molecular formula is C27H28F3N5O3. The summed E-state index contributed by atoms with van der Waals surface area (Å²) < 4.78 is 43.5. The molecule has 11 heteroatoms. The van der Waals surface area contributed by atoms with E-state index in [4.69, 9.17) is 5.73 Å². The van der Waals surface area contributed by atoms with Crippen LogP contribution in [0.4, 0.5) is 24.5 Å². The molecule has 200 valence electrons. The number of β-amino-alcohol motifs (C(OH)–C–C–N with tert-alkyl or cyclic N) is 1. The van der Waals surface area contributed by atoms with E-state index in [1.54, 1.807) is 4.90 Å². The second-order valence-electron chi connectivity index (χ2n) is 9.99.